The molecule has 0 spiro atoms. The molecule has 25 heavy (non-hydrogen) atoms. The molecule has 1 aliphatic rings. The zero-order valence-corrected chi connectivity index (χ0v) is 14.6. The van der Waals surface area contributed by atoms with Gasteiger partial charge in [0.1, 0.15) is 23.9 Å². The van der Waals surface area contributed by atoms with Gasteiger partial charge in [-0.3, -0.25) is 14.4 Å². The van der Waals surface area contributed by atoms with Gasteiger partial charge in [-0.15, -0.1) is 0 Å². The number of carbonyl (C=O) groups is 1. The summed E-state index contributed by atoms with van der Waals surface area (Å²) in [5, 5.41) is 4.16. The van der Waals surface area contributed by atoms with E-state index in [1.54, 1.807) is 23.0 Å². The fourth-order valence-electron chi connectivity index (χ4n) is 2.70. The van der Waals surface area contributed by atoms with Crippen LogP contribution in [0.5, 0.6) is 5.75 Å². The van der Waals surface area contributed by atoms with E-state index >= 15 is 0 Å². The monoisotopic (exact) mass is 405 g/mol. The van der Waals surface area contributed by atoms with E-state index in [2.05, 4.69) is 21.0 Å². The van der Waals surface area contributed by atoms with Crippen molar-refractivity contribution in [3.05, 3.63) is 64.5 Å². The third-order valence-electron chi connectivity index (χ3n) is 3.82. The molecule has 1 aromatic carbocycles. The van der Waals surface area contributed by atoms with Crippen molar-refractivity contribution < 1.29 is 18.3 Å². The molecular weight excluding hydrogens is 393 g/mol. The Morgan fingerprint density at radius 2 is 2.20 bits per heavy atom. The Bertz CT molecular complexity index is 937. The molecule has 4 rings (SSSR count). The lowest BCUT2D eigenvalue weighted by molar-refractivity contribution is 0.0947. The summed E-state index contributed by atoms with van der Waals surface area (Å²) in [7, 11) is 0. The number of rotatable bonds is 3. The first kappa shape index (κ1) is 15.9. The minimum absolute atomic E-state index is 0.221. The molecule has 0 N–H and O–H groups in total. The van der Waals surface area contributed by atoms with Gasteiger partial charge in [-0.25, -0.2) is 4.39 Å². The lowest BCUT2D eigenvalue weighted by Crippen LogP contribution is -2.37. The van der Waals surface area contributed by atoms with E-state index in [1.807, 2.05) is 6.20 Å². The molecule has 0 bridgehead atoms. The van der Waals surface area contributed by atoms with Gasteiger partial charge in [-0.1, -0.05) is 0 Å². The van der Waals surface area contributed by atoms with Crippen LogP contribution in [-0.4, -0.2) is 28.8 Å². The molecule has 3 aromatic rings. The quantitative estimate of drug-likeness (QED) is 0.669. The second-order valence-electron chi connectivity index (χ2n) is 5.54. The van der Waals surface area contributed by atoms with Gasteiger partial charge in [0, 0.05) is 12.3 Å². The normalized spacial score (nSPS) is 13.4. The zero-order valence-electron chi connectivity index (χ0n) is 13.0. The lowest BCUT2D eigenvalue weighted by Gasteiger charge is -2.28. The third kappa shape index (κ3) is 3.17. The molecule has 1 aliphatic heterocycles. The molecule has 0 radical (unpaired) electrons. The van der Waals surface area contributed by atoms with Crippen molar-refractivity contribution in [1.82, 2.24) is 9.78 Å². The van der Waals surface area contributed by atoms with E-state index in [-0.39, 0.29) is 11.7 Å². The van der Waals surface area contributed by atoms with Crippen LogP contribution >= 0.6 is 15.9 Å². The van der Waals surface area contributed by atoms with Gasteiger partial charge in [-0.2, -0.15) is 5.10 Å². The molecule has 0 saturated carbocycles. The molecule has 128 valence electrons. The number of aromatic nitrogens is 2. The Labute approximate surface area is 150 Å². The topological polar surface area (TPSA) is 60.5 Å². The summed E-state index contributed by atoms with van der Waals surface area (Å²) in [6.45, 7) is 1.10. The van der Waals surface area contributed by atoms with Crippen LogP contribution in [0.2, 0.25) is 0 Å². The molecule has 8 heteroatoms. The third-order valence-corrected chi connectivity index (χ3v) is 4.23. The van der Waals surface area contributed by atoms with Gasteiger partial charge >= 0.3 is 0 Å². The molecule has 6 nitrogen and oxygen atoms in total. The number of nitrogens with zero attached hydrogens (tertiary/aromatic N) is 3. The van der Waals surface area contributed by atoms with E-state index < -0.39 is 5.82 Å². The maximum atomic E-state index is 13.3. The summed E-state index contributed by atoms with van der Waals surface area (Å²) in [6.07, 6.45) is 3.50. The highest BCUT2D eigenvalue weighted by atomic mass is 79.9. The highest BCUT2D eigenvalue weighted by Crippen LogP contribution is 2.33. The van der Waals surface area contributed by atoms with Crippen LogP contribution in [-0.2, 0) is 6.54 Å². The van der Waals surface area contributed by atoms with Crippen LogP contribution in [0.4, 0.5) is 10.1 Å². The predicted molar refractivity (Wildman–Crippen MR) is 91.3 cm³/mol. The Morgan fingerprint density at radius 3 is 3.00 bits per heavy atom. The SMILES string of the molecule is O=C(c1ccc(Cn2cc(Br)cn2)o1)N1CCOc2cc(F)ccc21. The van der Waals surface area contributed by atoms with Crippen molar-refractivity contribution in [3.63, 3.8) is 0 Å². The van der Waals surface area contributed by atoms with Crippen LogP contribution in [0, 0.1) is 5.82 Å². The number of amides is 1. The second-order valence-corrected chi connectivity index (χ2v) is 6.46. The summed E-state index contributed by atoms with van der Waals surface area (Å²) < 4.78 is 27.0. The fraction of sp³-hybridized carbons (Fsp3) is 0.176. The van der Waals surface area contributed by atoms with E-state index in [0.717, 1.165) is 4.47 Å². The highest BCUT2D eigenvalue weighted by Gasteiger charge is 2.27. The van der Waals surface area contributed by atoms with E-state index in [9.17, 15) is 9.18 Å². The van der Waals surface area contributed by atoms with E-state index in [1.165, 1.54) is 23.1 Å². The number of hydrogen-bond donors (Lipinski definition) is 0. The Morgan fingerprint density at radius 1 is 1.32 bits per heavy atom. The number of furan rings is 1. The maximum absolute atomic E-state index is 13.3. The average Bonchev–Trinajstić information content (AvgIpc) is 3.23. The Hall–Kier alpha value is -2.61. The zero-order chi connectivity index (χ0) is 17.4. The lowest BCUT2D eigenvalue weighted by atomic mass is 10.2. The molecular formula is C17H13BrFN3O3. The number of fused-ring (bicyclic) bond motifs is 1. The number of carbonyl (C=O) groups excluding carboxylic acids is 1. The summed E-state index contributed by atoms with van der Waals surface area (Å²) in [5.41, 5.74) is 0.534. The Balaban J connectivity index is 1.56. The molecule has 0 unspecified atom stereocenters. The van der Waals surface area contributed by atoms with Gasteiger partial charge in [-0.05, 0) is 40.2 Å². The molecule has 1 amide bonds. The highest BCUT2D eigenvalue weighted by molar-refractivity contribution is 9.10. The van der Waals surface area contributed by atoms with Crippen molar-refractivity contribution in [2.24, 2.45) is 0 Å². The van der Waals surface area contributed by atoms with Gasteiger partial charge < -0.3 is 9.15 Å². The van der Waals surface area contributed by atoms with Crippen molar-refractivity contribution in [2.75, 3.05) is 18.1 Å². The first-order valence-electron chi connectivity index (χ1n) is 7.61. The van der Waals surface area contributed by atoms with Crippen molar-refractivity contribution in [1.29, 1.82) is 0 Å². The van der Waals surface area contributed by atoms with Crippen molar-refractivity contribution >= 4 is 27.5 Å². The summed E-state index contributed by atoms with van der Waals surface area (Å²) in [6, 6.07) is 7.49. The second kappa shape index (κ2) is 6.36. The van der Waals surface area contributed by atoms with Gasteiger partial charge in [0.2, 0.25) is 0 Å². The molecule has 0 fully saturated rings. The fourth-order valence-corrected chi connectivity index (χ4v) is 3.03. The summed E-state index contributed by atoms with van der Waals surface area (Å²) >= 11 is 3.33. The van der Waals surface area contributed by atoms with Crippen LogP contribution in [0.1, 0.15) is 16.3 Å². The average molecular weight is 406 g/mol. The minimum atomic E-state index is -0.404. The Kier molecular flexibility index (Phi) is 4.04. The standard InChI is InChI=1S/C17H13BrFN3O3/c18-11-8-20-21(9-11)10-13-2-4-15(25-13)17(23)22-5-6-24-16-7-12(19)1-3-14(16)22/h1-4,7-9H,5-6,10H2. The number of benzene rings is 1. The van der Waals surface area contributed by atoms with Gasteiger partial charge in [0.05, 0.1) is 29.4 Å². The smallest absolute Gasteiger partial charge is 0.294 e. The van der Waals surface area contributed by atoms with Gasteiger partial charge in [0.15, 0.2) is 5.76 Å². The minimum Gasteiger partial charge on any atom is -0.489 e. The molecule has 2 aromatic heterocycles. The number of ether oxygens (including phenoxy) is 1. The van der Waals surface area contributed by atoms with Crippen LogP contribution in [0.3, 0.4) is 0 Å². The first-order chi connectivity index (χ1) is 12.1. The summed E-state index contributed by atoms with van der Waals surface area (Å²) in [4.78, 5) is 14.3. The van der Waals surface area contributed by atoms with E-state index in [4.69, 9.17) is 9.15 Å². The largest absolute Gasteiger partial charge is 0.489 e. The predicted octanol–water partition coefficient (Wildman–Crippen LogP) is 3.47. The van der Waals surface area contributed by atoms with Crippen molar-refractivity contribution in [2.45, 2.75) is 6.54 Å². The van der Waals surface area contributed by atoms with Gasteiger partial charge in [0.25, 0.3) is 5.91 Å². The van der Waals surface area contributed by atoms with Crippen molar-refractivity contribution in [3.8, 4) is 5.75 Å². The van der Waals surface area contributed by atoms with E-state index in [0.29, 0.717) is 36.9 Å². The number of hydrogen-bond acceptors (Lipinski definition) is 4. The summed E-state index contributed by atoms with van der Waals surface area (Å²) in [5.74, 6) is 0.500. The van der Waals surface area contributed by atoms with Crippen LogP contribution in [0.25, 0.3) is 0 Å². The first-order valence-corrected chi connectivity index (χ1v) is 8.40. The molecule has 0 saturated heterocycles. The molecule has 3 heterocycles. The van der Waals surface area contributed by atoms with Crippen LogP contribution in [0.15, 0.2) is 51.6 Å². The molecule has 0 aliphatic carbocycles. The van der Waals surface area contributed by atoms with Crippen LogP contribution < -0.4 is 9.64 Å². The number of anilines is 1. The molecule has 0 atom stereocenters. The maximum Gasteiger partial charge on any atom is 0.294 e. The number of halogens is 2.